The van der Waals surface area contributed by atoms with Gasteiger partial charge in [-0.15, -0.1) is 11.6 Å². The number of hydrogen-bond donors (Lipinski definition) is 1. The summed E-state index contributed by atoms with van der Waals surface area (Å²) in [6.07, 6.45) is 1.73. The Kier molecular flexibility index (Phi) is 12.0. The molecule has 0 atom stereocenters. The Balaban J connectivity index is 0.00000504. The maximum Gasteiger partial charge on any atom is 0.217 e. The molecule has 4 aromatic carbocycles. The number of aromatic hydroxyl groups is 1. The van der Waals surface area contributed by atoms with Gasteiger partial charge < -0.3 is 9.84 Å². The van der Waals surface area contributed by atoms with E-state index in [9.17, 15) is 5.11 Å². The molecule has 0 saturated carbocycles. The monoisotopic (exact) mass is 854 g/mol. The van der Waals surface area contributed by atoms with Crippen molar-refractivity contribution in [3.63, 3.8) is 0 Å². The summed E-state index contributed by atoms with van der Waals surface area (Å²) in [5.74, 6) is 2.62. The molecule has 6 rings (SSSR count). The van der Waals surface area contributed by atoms with E-state index >= 15 is 0 Å². The Morgan fingerprint density at radius 3 is 1.84 bits per heavy atom. The van der Waals surface area contributed by atoms with Gasteiger partial charge in [0, 0.05) is 50.2 Å². The molecule has 0 aliphatic rings. The average Bonchev–Trinajstić information content (AvgIpc) is 3.11. The molecule has 0 aliphatic carbocycles. The van der Waals surface area contributed by atoms with Gasteiger partial charge in [-0.3, -0.25) is 4.98 Å². The van der Waals surface area contributed by atoms with Gasteiger partial charge in [-0.2, -0.15) is 0 Å². The minimum atomic E-state index is 0. The quantitative estimate of drug-likeness (QED) is 0.140. The summed E-state index contributed by atoms with van der Waals surface area (Å²) in [5, 5.41) is 11.2. The van der Waals surface area contributed by atoms with E-state index in [1.165, 1.54) is 27.8 Å². The molecule has 0 amide bonds. The molecular formula is C46H47N2O2Pt-. The van der Waals surface area contributed by atoms with Crippen molar-refractivity contribution < 1.29 is 30.9 Å². The fourth-order valence-electron chi connectivity index (χ4n) is 6.51. The van der Waals surface area contributed by atoms with Crippen LogP contribution in [0.2, 0.25) is 0 Å². The number of phenols is 1. The van der Waals surface area contributed by atoms with E-state index in [2.05, 4.69) is 127 Å². The Morgan fingerprint density at radius 1 is 0.608 bits per heavy atom. The van der Waals surface area contributed by atoms with Gasteiger partial charge in [0.1, 0.15) is 5.75 Å². The summed E-state index contributed by atoms with van der Waals surface area (Å²) in [7, 11) is 0. The van der Waals surface area contributed by atoms with E-state index in [0.29, 0.717) is 46.6 Å². The molecular weight excluding hydrogens is 808 g/mol. The molecule has 0 spiro atoms. The van der Waals surface area contributed by atoms with Crippen LogP contribution in [0.5, 0.6) is 17.4 Å². The number of nitrogens with zero attached hydrogens (tertiary/aromatic N) is 2. The van der Waals surface area contributed by atoms with E-state index < -0.39 is 0 Å². The number of para-hydroxylation sites is 1. The Labute approximate surface area is 318 Å². The van der Waals surface area contributed by atoms with Crippen LogP contribution >= 0.6 is 0 Å². The number of aromatic nitrogens is 2. The molecule has 2 heterocycles. The molecule has 0 unspecified atom stereocenters. The number of phenolic OH excluding ortho intramolecular Hbond substituents is 1. The molecule has 264 valence electrons. The summed E-state index contributed by atoms with van der Waals surface area (Å²) in [5.41, 5.74) is 12.3. The minimum absolute atomic E-state index is 0. The van der Waals surface area contributed by atoms with Crippen molar-refractivity contribution >= 4 is 0 Å². The molecule has 0 saturated heterocycles. The molecule has 5 heteroatoms. The Morgan fingerprint density at radius 2 is 1.25 bits per heavy atom. The molecule has 0 aliphatic heterocycles. The predicted octanol–water partition coefficient (Wildman–Crippen LogP) is 12.9. The topological polar surface area (TPSA) is 55.2 Å². The van der Waals surface area contributed by atoms with Crippen LogP contribution in [-0.4, -0.2) is 15.1 Å². The molecule has 0 fully saturated rings. The molecule has 51 heavy (non-hydrogen) atoms. The minimum Gasteiger partial charge on any atom is -0.507 e. The van der Waals surface area contributed by atoms with Gasteiger partial charge in [0.15, 0.2) is 0 Å². The number of hydrogen-bond acceptors (Lipinski definition) is 4. The number of pyridine rings is 2. The van der Waals surface area contributed by atoms with Crippen LogP contribution in [0.15, 0.2) is 109 Å². The molecule has 1 N–H and O–H groups in total. The number of benzene rings is 4. The summed E-state index contributed by atoms with van der Waals surface area (Å²) < 4.78 is 6.37. The summed E-state index contributed by atoms with van der Waals surface area (Å²) in [4.78, 5) is 9.77. The number of rotatable bonds is 10. The van der Waals surface area contributed by atoms with Crippen molar-refractivity contribution in [2.45, 2.75) is 79.1 Å². The van der Waals surface area contributed by atoms with E-state index in [-0.39, 0.29) is 26.8 Å². The van der Waals surface area contributed by atoms with Crippen molar-refractivity contribution in [1.82, 2.24) is 9.97 Å². The zero-order valence-corrected chi connectivity index (χ0v) is 33.0. The van der Waals surface area contributed by atoms with Gasteiger partial charge in [0.05, 0.1) is 5.69 Å². The van der Waals surface area contributed by atoms with Crippen LogP contribution < -0.4 is 4.74 Å². The van der Waals surface area contributed by atoms with Crippen molar-refractivity contribution in [3.8, 4) is 62.1 Å². The van der Waals surface area contributed by atoms with Crippen LogP contribution in [0, 0.1) is 6.07 Å². The van der Waals surface area contributed by atoms with Gasteiger partial charge in [-0.25, -0.2) is 4.98 Å². The first-order valence-corrected chi connectivity index (χ1v) is 17.7. The van der Waals surface area contributed by atoms with E-state index in [4.69, 9.17) is 9.72 Å². The van der Waals surface area contributed by atoms with Gasteiger partial charge >= 0.3 is 0 Å². The van der Waals surface area contributed by atoms with Crippen LogP contribution in [0.3, 0.4) is 0 Å². The predicted molar refractivity (Wildman–Crippen MR) is 207 cm³/mol. The Hall–Kier alpha value is -4.53. The molecule has 6 aromatic rings. The maximum absolute atomic E-state index is 11.2. The zero-order valence-electron chi connectivity index (χ0n) is 30.8. The van der Waals surface area contributed by atoms with Gasteiger partial charge in [-0.05, 0) is 80.9 Å². The fourth-order valence-corrected chi connectivity index (χ4v) is 6.51. The van der Waals surface area contributed by atoms with Crippen LogP contribution in [0.1, 0.15) is 101 Å². The first-order valence-electron chi connectivity index (χ1n) is 17.7. The van der Waals surface area contributed by atoms with Crippen molar-refractivity contribution in [2.75, 3.05) is 0 Å². The molecule has 2 aromatic heterocycles. The molecule has 0 radical (unpaired) electrons. The van der Waals surface area contributed by atoms with Crippen molar-refractivity contribution in [2.24, 2.45) is 0 Å². The van der Waals surface area contributed by atoms with Crippen molar-refractivity contribution in [3.05, 3.63) is 138 Å². The third-order valence-corrected chi connectivity index (χ3v) is 9.31. The third kappa shape index (κ3) is 8.34. The van der Waals surface area contributed by atoms with Crippen molar-refractivity contribution in [1.29, 1.82) is 0 Å². The zero-order chi connectivity index (χ0) is 35.5. The normalized spacial score (nSPS) is 11.4. The first-order chi connectivity index (χ1) is 24.0. The van der Waals surface area contributed by atoms with Gasteiger partial charge in [-0.1, -0.05) is 140 Å². The fraction of sp³-hybridized carbons (Fsp3) is 0.261. The standard InChI is InChI=1S/C46H47N2O2.Pt/c1-28(2)32-22-33(29(3)4)24-34(23-32)40-19-20-42(48-46(40)41-14-9-10-17-43(41)49)35-25-36(27-37(26-35)50-44-18-11-12-21-47-44)45-38(30(5)6)15-13-16-39(45)31(7)8;/h9-25,27-31,49H,1-8H3;/q-1;. The average molecular weight is 855 g/mol. The van der Waals surface area contributed by atoms with Crippen LogP contribution in [0.25, 0.3) is 44.8 Å². The second-order valence-electron chi connectivity index (χ2n) is 14.3. The summed E-state index contributed by atoms with van der Waals surface area (Å²) >= 11 is 0. The largest absolute Gasteiger partial charge is 0.507 e. The van der Waals surface area contributed by atoms with Crippen LogP contribution in [-0.2, 0) is 21.1 Å². The second kappa shape index (κ2) is 16.2. The smallest absolute Gasteiger partial charge is 0.217 e. The van der Waals surface area contributed by atoms with Gasteiger partial charge in [0.2, 0.25) is 5.88 Å². The van der Waals surface area contributed by atoms with Crippen LogP contribution in [0.4, 0.5) is 0 Å². The third-order valence-electron chi connectivity index (χ3n) is 9.31. The van der Waals surface area contributed by atoms with E-state index in [1.54, 1.807) is 12.3 Å². The SMILES string of the molecule is CC(C)c1cc(-c2ccc(-c3[c-]c(Oc4ccccn4)cc(-c4c(C(C)C)cccc4C(C)C)c3)nc2-c2ccccc2O)cc(C(C)C)c1.[Pt]. The van der Waals surface area contributed by atoms with E-state index in [0.717, 1.165) is 27.9 Å². The molecule has 0 bridgehead atoms. The first kappa shape index (κ1) is 37.7. The number of ether oxygens (including phenoxy) is 1. The Bertz CT molecular complexity index is 2070. The second-order valence-corrected chi connectivity index (χ2v) is 14.3. The van der Waals surface area contributed by atoms with Gasteiger partial charge in [0.25, 0.3) is 0 Å². The summed E-state index contributed by atoms with van der Waals surface area (Å²) in [6, 6.07) is 38.5. The maximum atomic E-state index is 11.2. The van der Waals surface area contributed by atoms with E-state index in [1.807, 2.05) is 36.4 Å². The molecule has 4 nitrogen and oxygen atoms in total. The summed E-state index contributed by atoms with van der Waals surface area (Å²) in [6.45, 7) is 17.9.